The fourth-order valence-electron chi connectivity index (χ4n) is 1.72. The quantitative estimate of drug-likeness (QED) is 0.440. The first kappa shape index (κ1) is 9.96. The molecule has 0 bridgehead atoms. The Labute approximate surface area is 92.0 Å². The topological polar surface area (TPSA) is 64.1 Å². The summed E-state index contributed by atoms with van der Waals surface area (Å²) in [5.74, 6) is 6.19. The van der Waals surface area contributed by atoms with Crippen LogP contribution in [0.1, 0.15) is 24.4 Å². The lowest BCUT2D eigenvalue weighted by atomic mass is 10.0. The molecule has 4 heteroatoms. The maximum absolute atomic E-state index is 5.92. The zero-order valence-electron chi connectivity index (χ0n) is 7.83. The van der Waals surface area contributed by atoms with Gasteiger partial charge in [0.2, 0.25) is 0 Å². The predicted octanol–water partition coefficient (Wildman–Crippen LogP) is 1.95. The number of nitrogens with one attached hydrogen (secondary N) is 1. The molecule has 1 unspecified atom stereocenters. The van der Waals surface area contributed by atoms with Crippen LogP contribution in [-0.4, -0.2) is 0 Å². The van der Waals surface area contributed by atoms with E-state index in [1.807, 2.05) is 18.2 Å². The van der Waals surface area contributed by atoms with E-state index in [1.54, 1.807) is 0 Å². The van der Waals surface area contributed by atoms with Crippen molar-refractivity contribution in [2.75, 3.05) is 5.73 Å². The summed E-state index contributed by atoms with van der Waals surface area (Å²) in [5, 5.41) is 0. The summed E-state index contributed by atoms with van der Waals surface area (Å²) in [6, 6.07) is 6.09. The second kappa shape index (κ2) is 3.88. The van der Waals surface area contributed by atoms with Gasteiger partial charge in [0.15, 0.2) is 0 Å². The van der Waals surface area contributed by atoms with Gasteiger partial charge in [-0.15, -0.1) is 0 Å². The Morgan fingerprint density at radius 1 is 1.43 bits per heavy atom. The molecule has 3 nitrogen and oxygen atoms in total. The zero-order valence-corrected chi connectivity index (χ0v) is 9.42. The van der Waals surface area contributed by atoms with Crippen molar-refractivity contribution >= 4 is 21.6 Å². The lowest BCUT2D eigenvalue weighted by Gasteiger charge is -2.17. The van der Waals surface area contributed by atoms with Gasteiger partial charge in [-0.2, -0.15) is 0 Å². The molecule has 1 aliphatic rings. The lowest BCUT2D eigenvalue weighted by Crippen LogP contribution is -2.30. The molecule has 0 heterocycles. The second-order valence-electron chi connectivity index (χ2n) is 3.76. The van der Waals surface area contributed by atoms with E-state index < -0.39 is 0 Å². The smallest absolute Gasteiger partial charge is 0.0508 e. The van der Waals surface area contributed by atoms with Gasteiger partial charge in [-0.3, -0.25) is 11.3 Å². The average molecular weight is 256 g/mol. The van der Waals surface area contributed by atoms with E-state index in [1.165, 1.54) is 12.8 Å². The number of nitrogen functional groups attached to an aromatic ring is 1. The first-order valence-corrected chi connectivity index (χ1v) is 5.52. The highest BCUT2D eigenvalue weighted by Gasteiger charge is 2.32. The van der Waals surface area contributed by atoms with Gasteiger partial charge in [-0.1, -0.05) is 15.9 Å². The van der Waals surface area contributed by atoms with Crippen LogP contribution in [-0.2, 0) is 0 Å². The van der Waals surface area contributed by atoms with Crippen LogP contribution in [0, 0.1) is 5.92 Å². The molecule has 2 rings (SSSR count). The molecular formula is C10H14BrN3. The minimum Gasteiger partial charge on any atom is -0.398 e. The molecule has 76 valence electrons. The third kappa shape index (κ3) is 1.92. The van der Waals surface area contributed by atoms with Gasteiger partial charge in [-0.05, 0) is 42.5 Å². The van der Waals surface area contributed by atoms with Gasteiger partial charge in [-0.25, -0.2) is 0 Å². The molecule has 0 saturated heterocycles. The Morgan fingerprint density at radius 3 is 2.71 bits per heavy atom. The Kier molecular flexibility index (Phi) is 2.76. The van der Waals surface area contributed by atoms with Crippen molar-refractivity contribution in [2.24, 2.45) is 11.8 Å². The van der Waals surface area contributed by atoms with Gasteiger partial charge in [0.25, 0.3) is 0 Å². The summed E-state index contributed by atoms with van der Waals surface area (Å²) in [7, 11) is 0. The van der Waals surface area contributed by atoms with Gasteiger partial charge in [0.05, 0.1) is 6.04 Å². The number of benzene rings is 1. The van der Waals surface area contributed by atoms with E-state index in [0.29, 0.717) is 5.92 Å². The molecule has 0 spiro atoms. The van der Waals surface area contributed by atoms with E-state index in [9.17, 15) is 0 Å². The van der Waals surface area contributed by atoms with Crippen LogP contribution in [0.15, 0.2) is 22.7 Å². The van der Waals surface area contributed by atoms with Crippen molar-refractivity contribution in [1.82, 2.24) is 5.43 Å². The lowest BCUT2D eigenvalue weighted by molar-refractivity contribution is 0.498. The number of anilines is 1. The third-order valence-electron chi connectivity index (χ3n) is 2.66. The van der Waals surface area contributed by atoms with Gasteiger partial charge in [0.1, 0.15) is 0 Å². The molecule has 0 amide bonds. The molecule has 1 aromatic carbocycles. The van der Waals surface area contributed by atoms with Crippen LogP contribution < -0.4 is 17.0 Å². The molecule has 1 aliphatic carbocycles. The van der Waals surface area contributed by atoms with Crippen molar-refractivity contribution in [3.63, 3.8) is 0 Å². The number of hydrazine groups is 1. The van der Waals surface area contributed by atoms with E-state index >= 15 is 0 Å². The standard InChI is InChI=1S/C10H14BrN3/c11-7-3-4-9(12)8(5-7)10(14-13)6-1-2-6/h3-6,10,14H,1-2,12-13H2. The van der Waals surface area contributed by atoms with Crippen LogP contribution >= 0.6 is 15.9 Å². The molecule has 14 heavy (non-hydrogen) atoms. The summed E-state index contributed by atoms with van der Waals surface area (Å²) in [6.45, 7) is 0. The maximum atomic E-state index is 5.92. The molecular weight excluding hydrogens is 242 g/mol. The molecule has 5 N–H and O–H groups in total. The Morgan fingerprint density at radius 2 is 2.14 bits per heavy atom. The van der Waals surface area contributed by atoms with Gasteiger partial charge >= 0.3 is 0 Å². The first-order valence-electron chi connectivity index (χ1n) is 4.73. The molecule has 0 aromatic heterocycles. The van der Waals surface area contributed by atoms with Gasteiger partial charge in [0, 0.05) is 10.2 Å². The number of hydrogen-bond acceptors (Lipinski definition) is 3. The maximum Gasteiger partial charge on any atom is 0.0508 e. The molecule has 1 fully saturated rings. The van der Waals surface area contributed by atoms with Crippen LogP contribution in [0.2, 0.25) is 0 Å². The van der Waals surface area contributed by atoms with Crippen molar-refractivity contribution in [3.8, 4) is 0 Å². The van der Waals surface area contributed by atoms with Crippen LogP contribution in [0.3, 0.4) is 0 Å². The fraction of sp³-hybridized carbons (Fsp3) is 0.400. The summed E-state index contributed by atoms with van der Waals surface area (Å²) >= 11 is 3.44. The summed E-state index contributed by atoms with van der Waals surface area (Å²) in [5.41, 5.74) is 10.7. The highest BCUT2D eigenvalue weighted by molar-refractivity contribution is 9.10. The van der Waals surface area contributed by atoms with E-state index in [0.717, 1.165) is 15.7 Å². The van der Waals surface area contributed by atoms with Gasteiger partial charge < -0.3 is 5.73 Å². The minimum atomic E-state index is 0.201. The summed E-state index contributed by atoms with van der Waals surface area (Å²) in [6.07, 6.45) is 2.47. The summed E-state index contributed by atoms with van der Waals surface area (Å²) < 4.78 is 1.04. The number of nitrogens with two attached hydrogens (primary N) is 2. The molecule has 1 aromatic rings. The SMILES string of the molecule is NNC(c1cc(Br)ccc1N)C1CC1. The van der Waals surface area contributed by atoms with Crippen molar-refractivity contribution in [2.45, 2.75) is 18.9 Å². The van der Waals surface area contributed by atoms with Crippen LogP contribution in [0.5, 0.6) is 0 Å². The van der Waals surface area contributed by atoms with E-state index in [4.69, 9.17) is 11.6 Å². The number of rotatable bonds is 3. The van der Waals surface area contributed by atoms with E-state index in [2.05, 4.69) is 21.4 Å². The first-order chi connectivity index (χ1) is 6.72. The Balaban J connectivity index is 2.32. The number of halogens is 1. The average Bonchev–Trinajstić information content (AvgIpc) is 2.96. The highest BCUT2D eigenvalue weighted by Crippen LogP contribution is 2.42. The molecule has 0 radical (unpaired) electrons. The zero-order chi connectivity index (χ0) is 10.1. The monoisotopic (exact) mass is 255 g/mol. The normalized spacial score (nSPS) is 18.1. The fourth-order valence-corrected chi connectivity index (χ4v) is 2.10. The molecule has 0 aliphatic heterocycles. The second-order valence-corrected chi connectivity index (χ2v) is 4.67. The van der Waals surface area contributed by atoms with Crippen molar-refractivity contribution < 1.29 is 0 Å². The third-order valence-corrected chi connectivity index (χ3v) is 3.15. The van der Waals surface area contributed by atoms with Crippen molar-refractivity contribution in [3.05, 3.63) is 28.2 Å². The molecule has 1 saturated carbocycles. The Hall–Kier alpha value is -0.580. The molecule has 1 atom stereocenters. The number of hydrogen-bond donors (Lipinski definition) is 3. The van der Waals surface area contributed by atoms with Crippen LogP contribution in [0.25, 0.3) is 0 Å². The highest BCUT2D eigenvalue weighted by atomic mass is 79.9. The van der Waals surface area contributed by atoms with E-state index in [-0.39, 0.29) is 6.04 Å². The van der Waals surface area contributed by atoms with Crippen molar-refractivity contribution in [1.29, 1.82) is 0 Å². The minimum absolute atomic E-state index is 0.201. The van der Waals surface area contributed by atoms with Crippen LogP contribution in [0.4, 0.5) is 5.69 Å². The Bertz CT molecular complexity index is 336. The largest absolute Gasteiger partial charge is 0.398 e. The predicted molar refractivity (Wildman–Crippen MR) is 61.3 cm³/mol. The summed E-state index contributed by atoms with van der Waals surface area (Å²) in [4.78, 5) is 0.